The summed E-state index contributed by atoms with van der Waals surface area (Å²) in [7, 11) is 0. The van der Waals surface area contributed by atoms with E-state index in [9.17, 15) is 4.79 Å². The Balaban J connectivity index is 1.63. The van der Waals surface area contributed by atoms with E-state index in [0.29, 0.717) is 5.02 Å². The Morgan fingerprint density at radius 2 is 1.73 bits per heavy atom. The lowest BCUT2D eigenvalue weighted by Gasteiger charge is -2.09. The maximum atomic E-state index is 12.2. The number of aryl methyl sites for hydroxylation is 2. The van der Waals surface area contributed by atoms with Gasteiger partial charge >= 0.3 is 0 Å². The van der Waals surface area contributed by atoms with E-state index in [0.717, 1.165) is 16.1 Å². The highest BCUT2D eigenvalue weighted by molar-refractivity contribution is 7.99. The van der Waals surface area contributed by atoms with Gasteiger partial charge in [-0.05, 0) is 66.9 Å². The van der Waals surface area contributed by atoms with E-state index in [1.54, 1.807) is 17.8 Å². The number of carbonyl (C=O) groups is 1. The molecule has 0 aromatic heterocycles. The molecule has 0 radical (unpaired) electrons. The quantitative estimate of drug-likeness (QED) is 0.562. The molecule has 3 aromatic rings. The maximum absolute atomic E-state index is 12.2. The highest BCUT2D eigenvalue weighted by atomic mass is 35.5. The molecule has 0 fully saturated rings. The number of halogens is 1. The monoisotopic (exact) mass is 381 g/mol. The molecule has 3 rings (SSSR count). The van der Waals surface area contributed by atoms with Crippen LogP contribution in [0.5, 0.6) is 0 Å². The van der Waals surface area contributed by atoms with E-state index in [1.807, 2.05) is 42.5 Å². The van der Waals surface area contributed by atoms with Crippen LogP contribution in [-0.2, 0) is 11.2 Å². The summed E-state index contributed by atoms with van der Waals surface area (Å²) in [4.78, 5) is 14.6. The maximum Gasteiger partial charge on any atom is 0.228 e. The summed E-state index contributed by atoms with van der Waals surface area (Å²) in [6, 6.07) is 21.8. The molecular weight excluding hydrogens is 362 g/mol. The van der Waals surface area contributed by atoms with Gasteiger partial charge in [0.1, 0.15) is 0 Å². The summed E-state index contributed by atoms with van der Waals surface area (Å²) in [6.45, 7) is 4.21. The SMILES string of the molecule is Cc1ccc(C)c(Sc2ccc(NC(=O)Cc3ccccc3Cl)cc2)c1. The van der Waals surface area contributed by atoms with Crippen LogP contribution in [0.1, 0.15) is 16.7 Å². The van der Waals surface area contributed by atoms with Crippen molar-refractivity contribution in [2.75, 3.05) is 5.32 Å². The Morgan fingerprint density at radius 1 is 1.00 bits per heavy atom. The summed E-state index contributed by atoms with van der Waals surface area (Å²) in [5, 5.41) is 3.54. The Bertz CT molecular complexity index is 922. The van der Waals surface area contributed by atoms with Crippen molar-refractivity contribution in [3.63, 3.8) is 0 Å². The number of anilines is 1. The zero-order valence-electron chi connectivity index (χ0n) is 14.8. The second kappa shape index (κ2) is 8.43. The number of benzene rings is 3. The van der Waals surface area contributed by atoms with Crippen molar-refractivity contribution in [1.82, 2.24) is 0 Å². The topological polar surface area (TPSA) is 29.1 Å². The van der Waals surface area contributed by atoms with Crippen LogP contribution < -0.4 is 5.32 Å². The van der Waals surface area contributed by atoms with Crippen molar-refractivity contribution in [1.29, 1.82) is 0 Å². The lowest BCUT2D eigenvalue weighted by molar-refractivity contribution is -0.115. The fraction of sp³-hybridized carbons (Fsp3) is 0.136. The highest BCUT2D eigenvalue weighted by Crippen LogP contribution is 2.31. The Hall–Kier alpha value is -2.23. The van der Waals surface area contributed by atoms with Crippen molar-refractivity contribution in [3.8, 4) is 0 Å². The van der Waals surface area contributed by atoms with Gasteiger partial charge in [0.15, 0.2) is 0 Å². The van der Waals surface area contributed by atoms with Crippen LogP contribution >= 0.6 is 23.4 Å². The van der Waals surface area contributed by atoms with Gasteiger partial charge in [-0.25, -0.2) is 0 Å². The second-order valence-electron chi connectivity index (χ2n) is 6.21. The summed E-state index contributed by atoms with van der Waals surface area (Å²) < 4.78 is 0. The molecule has 0 atom stereocenters. The van der Waals surface area contributed by atoms with E-state index < -0.39 is 0 Å². The molecule has 26 heavy (non-hydrogen) atoms. The van der Waals surface area contributed by atoms with E-state index in [-0.39, 0.29) is 12.3 Å². The van der Waals surface area contributed by atoms with Gasteiger partial charge in [0, 0.05) is 20.5 Å². The molecule has 0 aliphatic heterocycles. The summed E-state index contributed by atoms with van der Waals surface area (Å²) in [5.41, 5.74) is 4.13. The lowest BCUT2D eigenvalue weighted by Crippen LogP contribution is -2.14. The molecule has 0 aliphatic rings. The molecule has 2 nitrogen and oxygen atoms in total. The number of amides is 1. The fourth-order valence-electron chi connectivity index (χ4n) is 2.57. The van der Waals surface area contributed by atoms with Gasteiger partial charge < -0.3 is 5.32 Å². The lowest BCUT2D eigenvalue weighted by atomic mass is 10.1. The van der Waals surface area contributed by atoms with Gasteiger partial charge in [0.05, 0.1) is 6.42 Å². The molecule has 3 aromatic carbocycles. The van der Waals surface area contributed by atoms with Gasteiger partial charge in [-0.2, -0.15) is 0 Å². The molecule has 0 saturated heterocycles. The number of rotatable bonds is 5. The average molecular weight is 382 g/mol. The smallest absolute Gasteiger partial charge is 0.228 e. The molecule has 0 unspecified atom stereocenters. The summed E-state index contributed by atoms with van der Waals surface area (Å²) >= 11 is 7.84. The second-order valence-corrected chi connectivity index (χ2v) is 7.73. The summed E-state index contributed by atoms with van der Waals surface area (Å²) in [5.74, 6) is -0.0759. The highest BCUT2D eigenvalue weighted by Gasteiger charge is 2.08. The minimum atomic E-state index is -0.0759. The van der Waals surface area contributed by atoms with Gasteiger partial charge in [-0.3, -0.25) is 4.79 Å². The van der Waals surface area contributed by atoms with Crippen LogP contribution in [0.25, 0.3) is 0 Å². The van der Waals surface area contributed by atoms with Crippen molar-refractivity contribution in [2.45, 2.75) is 30.1 Å². The van der Waals surface area contributed by atoms with Crippen LogP contribution in [0.2, 0.25) is 5.02 Å². The molecule has 1 amide bonds. The number of hydrogen-bond donors (Lipinski definition) is 1. The molecule has 132 valence electrons. The normalized spacial score (nSPS) is 10.6. The standard InChI is InChI=1S/C22H20ClNOS/c1-15-7-8-16(2)21(13-15)26-19-11-9-18(10-12-19)24-22(25)14-17-5-3-4-6-20(17)23/h3-13H,14H2,1-2H3,(H,24,25). The third-order valence-corrected chi connectivity index (χ3v) is 5.55. The molecule has 4 heteroatoms. The van der Waals surface area contributed by atoms with Crippen LogP contribution in [-0.4, -0.2) is 5.91 Å². The van der Waals surface area contributed by atoms with Crippen LogP contribution in [0.4, 0.5) is 5.69 Å². The zero-order chi connectivity index (χ0) is 18.5. The van der Waals surface area contributed by atoms with Gasteiger partial charge in [-0.15, -0.1) is 0 Å². The van der Waals surface area contributed by atoms with Gasteiger partial charge in [0.25, 0.3) is 0 Å². The van der Waals surface area contributed by atoms with E-state index >= 15 is 0 Å². The average Bonchev–Trinajstić information content (AvgIpc) is 2.62. The van der Waals surface area contributed by atoms with Crippen molar-refractivity contribution < 1.29 is 4.79 Å². The zero-order valence-corrected chi connectivity index (χ0v) is 16.3. The Labute approximate surface area is 163 Å². The van der Waals surface area contributed by atoms with E-state index in [2.05, 4.69) is 37.4 Å². The predicted molar refractivity (Wildman–Crippen MR) is 110 cm³/mol. The third-order valence-electron chi connectivity index (χ3n) is 4.02. The minimum Gasteiger partial charge on any atom is -0.326 e. The van der Waals surface area contributed by atoms with Crippen molar-refractivity contribution >= 4 is 35.0 Å². The first-order valence-corrected chi connectivity index (χ1v) is 9.59. The van der Waals surface area contributed by atoms with E-state index in [1.165, 1.54) is 16.0 Å². The number of hydrogen-bond acceptors (Lipinski definition) is 2. The molecule has 0 heterocycles. The molecule has 1 N–H and O–H groups in total. The van der Waals surface area contributed by atoms with Gasteiger partial charge in [-0.1, -0.05) is 53.7 Å². The minimum absolute atomic E-state index is 0.0759. The fourth-order valence-corrected chi connectivity index (χ4v) is 3.77. The molecule has 0 bridgehead atoms. The predicted octanol–water partition coefficient (Wildman–Crippen LogP) is 6.29. The molecule has 0 spiro atoms. The van der Waals surface area contributed by atoms with E-state index in [4.69, 9.17) is 11.6 Å². The van der Waals surface area contributed by atoms with Crippen LogP contribution in [0, 0.1) is 13.8 Å². The van der Waals surface area contributed by atoms with Crippen molar-refractivity contribution in [2.24, 2.45) is 0 Å². The molecule has 0 saturated carbocycles. The number of carbonyl (C=O) groups excluding carboxylic acids is 1. The summed E-state index contributed by atoms with van der Waals surface area (Å²) in [6.07, 6.45) is 0.263. The third kappa shape index (κ3) is 4.90. The first kappa shape index (κ1) is 18.6. The Morgan fingerprint density at radius 3 is 2.46 bits per heavy atom. The largest absolute Gasteiger partial charge is 0.326 e. The molecular formula is C22H20ClNOS. The van der Waals surface area contributed by atoms with Crippen LogP contribution in [0.15, 0.2) is 76.5 Å². The Kier molecular flexibility index (Phi) is 6.02. The first-order chi connectivity index (χ1) is 12.5. The first-order valence-electron chi connectivity index (χ1n) is 8.40. The van der Waals surface area contributed by atoms with Gasteiger partial charge in [0.2, 0.25) is 5.91 Å². The number of nitrogens with one attached hydrogen (secondary N) is 1. The van der Waals surface area contributed by atoms with Crippen molar-refractivity contribution in [3.05, 3.63) is 88.4 Å². The van der Waals surface area contributed by atoms with Crippen LogP contribution in [0.3, 0.4) is 0 Å². The molecule has 0 aliphatic carbocycles.